The van der Waals surface area contributed by atoms with Gasteiger partial charge in [-0.2, -0.15) is 5.10 Å². The molecule has 0 saturated heterocycles. The van der Waals surface area contributed by atoms with Crippen LogP contribution in [0.25, 0.3) is 0 Å². The fourth-order valence-electron chi connectivity index (χ4n) is 2.07. The number of rotatable bonds is 5. The third-order valence-corrected chi connectivity index (χ3v) is 3.97. The van der Waals surface area contributed by atoms with E-state index in [2.05, 4.69) is 10.5 Å². The van der Waals surface area contributed by atoms with Crippen molar-refractivity contribution in [2.24, 2.45) is 5.10 Å². The molecule has 1 unspecified atom stereocenters. The minimum absolute atomic E-state index is 0.287. The lowest BCUT2D eigenvalue weighted by Crippen LogP contribution is -2.33. The van der Waals surface area contributed by atoms with Gasteiger partial charge in [-0.1, -0.05) is 29.8 Å². The van der Waals surface area contributed by atoms with E-state index in [0.717, 1.165) is 11.1 Å². The van der Waals surface area contributed by atoms with Crippen LogP contribution in [0.2, 0.25) is 5.02 Å². The van der Waals surface area contributed by atoms with Crippen LogP contribution in [0, 0.1) is 19.7 Å². The van der Waals surface area contributed by atoms with Gasteiger partial charge in [0.05, 0.1) is 6.21 Å². The first kappa shape index (κ1) is 17.9. The summed E-state index contributed by atoms with van der Waals surface area (Å²) in [7, 11) is 0. The highest BCUT2D eigenvalue weighted by atomic mass is 35.5. The molecule has 2 aromatic carbocycles. The number of benzene rings is 2. The highest BCUT2D eigenvalue weighted by molar-refractivity contribution is 6.32. The first-order valence-electron chi connectivity index (χ1n) is 7.39. The Hall–Kier alpha value is -2.40. The number of carbonyl (C=O) groups is 1. The summed E-state index contributed by atoms with van der Waals surface area (Å²) in [6.45, 7) is 5.34. The molecule has 4 nitrogen and oxygen atoms in total. The van der Waals surface area contributed by atoms with Gasteiger partial charge < -0.3 is 4.74 Å². The van der Waals surface area contributed by atoms with Gasteiger partial charge in [0.15, 0.2) is 6.10 Å². The molecule has 0 spiro atoms. The summed E-state index contributed by atoms with van der Waals surface area (Å²) in [5.74, 6) is -0.296. The molecule has 0 bridgehead atoms. The molecule has 0 aliphatic heterocycles. The zero-order chi connectivity index (χ0) is 17.7. The van der Waals surface area contributed by atoms with Crippen LogP contribution in [0.1, 0.15) is 23.6 Å². The number of nitrogens with one attached hydrogen (secondary N) is 1. The lowest BCUT2D eigenvalue weighted by Gasteiger charge is -2.14. The van der Waals surface area contributed by atoms with Gasteiger partial charge in [-0.3, -0.25) is 4.79 Å². The Balaban J connectivity index is 1.96. The van der Waals surface area contributed by atoms with Crippen molar-refractivity contribution in [3.05, 3.63) is 63.9 Å². The summed E-state index contributed by atoms with van der Waals surface area (Å²) in [5, 5.41) is 4.42. The van der Waals surface area contributed by atoms with Crippen molar-refractivity contribution in [3.63, 3.8) is 0 Å². The number of carbonyl (C=O) groups excluding carboxylic acids is 1. The fourth-order valence-corrected chi connectivity index (χ4v) is 2.18. The topological polar surface area (TPSA) is 50.7 Å². The first-order chi connectivity index (χ1) is 11.4. The van der Waals surface area contributed by atoms with E-state index < -0.39 is 17.8 Å². The predicted octanol–water partition coefficient (Wildman–Crippen LogP) is 4.01. The number of hydrogen-bond acceptors (Lipinski definition) is 3. The van der Waals surface area contributed by atoms with Gasteiger partial charge in [-0.05, 0) is 50.1 Å². The molecule has 2 rings (SSSR count). The molecule has 0 aliphatic rings. The number of aryl methyl sites for hydroxylation is 2. The maximum atomic E-state index is 13.4. The molecule has 1 amide bonds. The van der Waals surface area contributed by atoms with Gasteiger partial charge in [0.1, 0.15) is 11.6 Å². The minimum atomic E-state index is -0.761. The summed E-state index contributed by atoms with van der Waals surface area (Å²) in [4.78, 5) is 12.0. The number of nitrogens with zero attached hydrogens (tertiary/aromatic N) is 1. The zero-order valence-corrected chi connectivity index (χ0v) is 14.4. The molecule has 24 heavy (non-hydrogen) atoms. The number of hydrogen-bond donors (Lipinski definition) is 1. The Kier molecular flexibility index (Phi) is 5.93. The van der Waals surface area contributed by atoms with Crippen LogP contribution in [0.15, 0.2) is 41.5 Å². The van der Waals surface area contributed by atoms with Crippen LogP contribution >= 0.6 is 11.6 Å². The van der Waals surface area contributed by atoms with Crippen LogP contribution in [-0.4, -0.2) is 18.2 Å². The monoisotopic (exact) mass is 348 g/mol. The third-order valence-electron chi connectivity index (χ3n) is 3.38. The second-order valence-corrected chi connectivity index (χ2v) is 5.76. The summed E-state index contributed by atoms with van der Waals surface area (Å²) < 4.78 is 19.0. The summed E-state index contributed by atoms with van der Waals surface area (Å²) >= 11 is 6.10. The van der Waals surface area contributed by atoms with Crippen molar-refractivity contribution < 1.29 is 13.9 Å². The number of hydrazone groups is 1. The van der Waals surface area contributed by atoms with E-state index in [1.165, 1.54) is 12.3 Å². The van der Waals surface area contributed by atoms with Crippen molar-refractivity contribution in [1.82, 2.24) is 5.43 Å². The van der Waals surface area contributed by atoms with Gasteiger partial charge in [0.25, 0.3) is 5.91 Å². The summed E-state index contributed by atoms with van der Waals surface area (Å²) in [6, 6.07) is 9.67. The van der Waals surface area contributed by atoms with Crippen LogP contribution in [0.4, 0.5) is 4.39 Å². The van der Waals surface area contributed by atoms with Crippen LogP contribution < -0.4 is 10.2 Å². The van der Waals surface area contributed by atoms with Gasteiger partial charge in [-0.25, -0.2) is 9.82 Å². The molecule has 0 saturated carbocycles. The van der Waals surface area contributed by atoms with E-state index in [4.69, 9.17) is 16.3 Å². The van der Waals surface area contributed by atoms with E-state index in [1.807, 2.05) is 13.8 Å². The molecular formula is C18H18ClFN2O2. The van der Waals surface area contributed by atoms with E-state index in [1.54, 1.807) is 37.3 Å². The molecule has 1 N–H and O–H groups in total. The second-order valence-electron chi connectivity index (χ2n) is 5.39. The Bertz CT molecular complexity index is 754. The smallest absolute Gasteiger partial charge is 0.280 e. The third kappa shape index (κ3) is 4.55. The summed E-state index contributed by atoms with van der Waals surface area (Å²) in [5.41, 5.74) is 4.36. The molecule has 126 valence electrons. The Labute approximate surface area is 145 Å². The van der Waals surface area contributed by atoms with E-state index >= 15 is 0 Å². The normalized spacial score (nSPS) is 12.2. The SMILES string of the molecule is Cc1cc(OC(C)C(=O)N/N=C/c2ccccc2F)cc(C)c1Cl. The molecule has 1 atom stereocenters. The van der Waals surface area contributed by atoms with E-state index in [0.29, 0.717) is 10.8 Å². The number of halogens is 2. The highest BCUT2D eigenvalue weighted by Gasteiger charge is 2.15. The van der Waals surface area contributed by atoms with Crippen molar-refractivity contribution in [2.75, 3.05) is 0 Å². The van der Waals surface area contributed by atoms with Gasteiger partial charge in [-0.15, -0.1) is 0 Å². The maximum absolute atomic E-state index is 13.4. The van der Waals surface area contributed by atoms with Crippen molar-refractivity contribution in [2.45, 2.75) is 26.9 Å². The predicted molar refractivity (Wildman–Crippen MR) is 93.2 cm³/mol. The molecule has 0 aliphatic carbocycles. The maximum Gasteiger partial charge on any atom is 0.280 e. The number of amides is 1. The Morgan fingerprint density at radius 3 is 2.54 bits per heavy atom. The lowest BCUT2D eigenvalue weighted by atomic mass is 10.1. The van der Waals surface area contributed by atoms with Gasteiger partial charge in [0, 0.05) is 10.6 Å². The fraction of sp³-hybridized carbons (Fsp3) is 0.222. The second kappa shape index (κ2) is 7.93. The molecule has 2 aromatic rings. The summed E-state index contributed by atoms with van der Waals surface area (Å²) in [6.07, 6.45) is 0.485. The van der Waals surface area contributed by atoms with Crippen LogP contribution in [0.5, 0.6) is 5.75 Å². The number of ether oxygens (including phenoxy) is 1. The van der Waals surface area contributed by atoms with Crippen LogP contribution in [-0.2, 0) is 4.79 Å². The molecule has 0 heterocycles. The average Bonchev–Trinajstić information content (AvgIpc) is 2.54. The van der Waals surface area contributed by atoms with Crippen LogP contribution in [0.3, 0.4) is 0 Å². The minimum Gasteiger partial charge on any atom is -0.481 e. The zero-order valence-electron chi connectivity index (χ0n) is 13.6. The van der Waals surface area contributed by atoms with Crippen molar-refractivity contribution >= 4 is 23.7 Å². The molecule has 6 heteroatoms. The Morgan fingerprint density at radius 1 is 1.29 bits per heavy atom. The molecular weight excluding hydrogens is 331 g/mol. The molecule has 0 fully saturated rings. The highest BCUT2D eigenvalue weighted by Crippen LogP contribution is 2.26. The first-order valence-corrected chi connectivity index (χ1v) is 7.77. The van der Waals surface area contributed by atoms with E-state index in [9.17, 15) is 9.18 Å². The standard InChI is InChI=1S/C18H18ClFN2O2/c1-11-8-15(9-12(2)17(11)19)24-13(3)18(23)22-21-10-14-6-4-5-7-16(14)20/h4-10,13H,1-3H3,(H,22,23)/b21-10+. The average molecular weight is 349 g/mol. The molecule has 0 radical (unpaired) electrons. The van der Waals surface area contributed by atoms with Crippen molar-refractivity contribution in [1.29, 1.82) is 0 Å². The van der Waals surface area contributed by atoms with Crippen molar-refractivity contribution in [3.8, 4) is 5.75 Å². The molecule has 0 aromatic heterocycles. The largest absolute Gasteiger partial charge is 0.481 e. The lowest BCUT2D eigenvalue weighted by molar-refractivity contribution is -0.127. The van der Waals surface area contributed by atoms with Gasteiger partial charge >= 0.3 is 0 Å². The Morgan fingerprint density at radius 2 is 1.92 bits per heavy atom. The van der Waals surface area contributed by atoms with E-state index in [-0.39, 0.29) is 5.56 Å². The van der Waals surface area contributed by atoms with Gasteiger partial charge in [0.2, 0.25) is 0 Å². The quantitative estimate of drug-likeness (QED) is 0.655.